The summed E-state index contributed by atoms with van der Waals surface area (Å²) in [6, 6.07) is 11.3. The molecular weight excluding hydrogens is 258 g/mol. The molecular formula is C18H29N3. The normalized spacial score (nSPS) is 22.3. The molecule has 2 heterocycles. The third kappa shape index (κ3) is 4.72. The van der Waals surface area contributed by atoms with Crippen molar-refractivity contribution in [1.29, 1.82) is 0 Å². The Morgan fingerprint density at radius 3 is 2.10 bits per heavy atom. The van der Waals surface area contributed by atoms with Gasteiger partial charge in [0.2, 0.25) is 0 Å². The largest absolute Gasteiger partial charge is 0.382 e. The van der Waals surface area contributed by atoms with Gasteiger partial charge < -0.3 is 15.1 Å². The number of rotatable bonds is 5. The highest BCUT2D eigenvalue weighted by Gasteiger charge is 2.19. The lowest BCUT2D eigenvalue weighted by molar-refractivity contribution is 0.162. The maximum atomic E-state index is 3.67. The van der Waals surface area contributed by atoms with E-state index in [-0.39, 0.29) is 0 Å². The molecule has 0 bridgehead atoms. The Hall–Kier alpha value is -1.06. The van der Waals surface area contributed by atoms with Crippen LogP contribution < -0.4 is 5.32 Å². The van der Waals surface area contributed by atoms with Crippen LogP contribution in [0, 0.1) is 0 Å². The second kappa shape index (κ2) is 7.81. The van der Waals surface area contributed by atoms with Crippen LogP contribution in [0.2, 0.25) is 0 Å². The summed E-state index contributed by atoms with van der Waals surface area (Å²) in [6.07, 6.45) is 6.79. The van der Waals surface area contributed by atoms with Gasteiger partial charge in [0.15, 0.2) is 0 Å². The van der Waals surface area contributed by atoms with Gasteiger partial charge in [-0.15, -0.1) is 0 Å². The van der Waals surface area contributed by atoms with Crippen LogP contribution in [0.3, 0.4) is 0 Å². The van der Waals surface area contributed by atoms with Gasteiger partial charge >= 0.3 is 0 Å². The van der Waals surface area contributed by atoms with E-state index in [1.165, 1.54) is 77.1 Å². The zero-order valence-electron chi connectivity index (χ0n) is 13.1. The number of anilines is 1. The van der Waals surface area contributed by atoms with Gasteiger partial charge in [0.1, 0.15) is 0 Å². The van der Waals surface area contributed by atoms with Crippen molar-refractivity contribution in [3.05, 3.63) is 30.3 Å². The van der Waals surface area contributed by atoms with Crippen LogP contribution in [0.25, 0.3) is 0 Å². The molecule has 116 valence electrons. The Morgan fingerprint density at radius 1 is 0.810 bits per heavy atom. The van der Waals surface area contributed by atoms with Gasteiger partial charge in [-0.25, -0.2) is 0 Å². The van der Waals surface area contributed by atoms with Gasteiger partial charge in [0.05, 0.1) is 0 Å². The Morgan fingerprint density at radius 2 is 1.43 bits per heavy atom. The predicted molar refractivity (Wildman–Crippen MR) is 89.8 cm³/mol. The number of benzene rings is 1. The Balaban J connectivity index is 1.35. The molecule has 1 N–H and O–H groups in total. The summed E-state index contributed by atoms with van der Waals surface area (Å²) in [5, 5.41) is 3.67. The second-order valence-electron chi connectivity index (χ2n) is 6.53. The third-order valence-corrected chi connectivity index (χ3v) is 4.91. The molecule has 0 aliphatic carbocycles. The molecule has 0 amide bonds. The summed E-state index contributed by atoms with van der Waals surface area (Å²) < 4.78 is 0. The van der Waals surface area contributed by atoms with Crippen LogP contribution in [0.4, 0.5) is 5.69 Å². The summed E-state index contributed by atoms with van der Waals surface area (Å²) in [7, 11) is 0. The fourth-order valence-electron chi connectivity index (χ4n) is 3.54. The molecule has 0 radical (unpaired) electrons. The molecule has 0 aromatic heterocycles. The minimum atomic E-state index is 0.652. The molecule has 2 aliphatic rings. The fourth-order valence-corrected chi connectivity index (χ4v) is 3.54. The van der Waals surface area contributed by atoms with Gasteiger partial charge in [-0.2, -0.15) is 0 Å². The van der Waals surface area contributed by atoms with Gasteiger partial charge in [-0.1, -0.05) is 24.6 Å². The number of likely N-dealkylation sites (tertiary alicyclic amines) is 2. The minimum Gasteiger partial charge on any atom is -0.382 e. The van der Waals surface area contributed by atoms with Crippen molar-refractivity contribution < 1.29 is 0 Å². The molecule has 2 fully saturated rings. The topological polar surface area (TPSA) is 18.5 Å². The molecule has 3 rings (SSSR count). The molecule has 0 spiro atoms. The number of hydrogen-bond acceptors (Lipinski definition) is 3. The van der Waals surface area contributed by atoms with Crippen LogP contribution in [0.1, 0.15) is 32.1 Å². The van der Waals surface area contributed by atoms with Crippen molar-refractivity contribution in [2.75, 3.05) is 44.6 Å². The van der Waals surface area contributed by atoms with E-state index in [4.69, 9.17) is 0 Å². The zero-order chi connectivity index (χ0) is 14.3. The van der Waals surface area contributed by atoms with Gasteiger partial charge in [0.25, 0.3) is 0 Å². The summed E-state index contributed by atoms with van der Waals surface area (Å²) in [5.41, 5.74) is 1.27. The summed E-state index contributed by atoms with van der Waals surface area (Å²) in [5.74, 6) is 0. The molecule has 2 saturated heterocycles. The maximum Gasteiger partial charge on any atom is 0.0342 e. The van der Waals surface area contributed by atoms with E-state index in [1.54, 1.807) is 0 Å². The Labute approximate surface area is 129 Å². The van der Waals surface area contributed by atoms with Gasteiger partial charge in [0, 0.05) is 37.9 Å². The fraction of sp³-hybridized carbons (Fsp3) is 0.667. The van der Waals surface area contributed by atoms with Crippen LogP contribution >= 0.6 is 0 Å². The first kappa shape index (κ1) is 14.9. The smallest absolute Gasteiger partial charge is 0.0342 e. The number of hydrogen-bond donors (Lipinski definition) is 1. The lowest BCUT2D eigenvalue weighted by atomic mass is 10.0. The molecule has 1 aromatic rings. The SMILES string of the molecule is c1ccc(NC2CCN(CCN3CCCCC3)CC2)cc1. The van der Waals surface area contributed by atoms with Crippen LogP contribution in [0.15, 0.2) is 30.3 Å². The molecule has 21 heavy (non-hydrogen) atoms. The first-order valence-electron chi connectivity index (χ1n) is 8.66. The highest BCUT2D eigenvalue weighted by atomic mass is 15.2. The van der Waals surface area contributed by atoms with Gasteiger partial charge in [-0.05, 0) is 50.9 Å². The van der Waals surface area contributed by atoms with E-state index in [2.05, 4.69) is 45.4 Å². The molecule has 0 saturated carbocycles. The van der Waals surface area contributed by atoms with E-state index in [1.807, 2.05) is 0 Å². The monoisotopic (exact) mass is 287 g/mol. The molecule has 0 atom stereocenters. The first-order chi connectivity index (χ1) is 10.4. The van der Waals surface area contributed by atoms with Crippen molar-refractivity contribution in [3.8, 4) is 0 Å². The zero-order valence-corrected chi connectivity index (χ0v) is 13.1. The van der Waals surface area contributed by atoms with Crippen LogP contribution in [0.5, 0.6) is 0 Å². The van der Waals surface area contributed by atoms with Crippen LogP contribution in [-0.2, 0) is 0 Å². The number of nitrogens with zero attached hydrogens (tertiary/aromatic N) is 2. The second-order valence-corrected chi connectivity index (χ2v) is 6.53. The number of nitrogens with one attached hydrogen (secondary N) is 1. The van der Waals surface area contributed by atoms with Crippen molar-refractivity contribution in [3.63, 3.8) is 0 Å². The summed E-state index contributed by atoms with van der Waals surface area (Å²) in [6.45, 7) is 7.68. The first-order valence-corrected chi connectivity index (χ1v) is 8.66. The lowest BCUT2D eigenvalue weighted by Crippen LogP contribution is -2.43. The molecule has 3 nitrogen and oxygen atoms in total. The molecule has 2 aliphatic heterocycles. The van der Waals surface area contributed by atoms with Crippen LogP contribution in [-0.4, -0.2) is 55.1 Å². The van der Waals surface area contributed by atoms with Crippen molar-refractivity contribution in [2.45, 2.75) is 38.1 Å². The van der Waals surface area contributed by atoms with E-state index < -0.39 is 0 Å². The molecule has 3 heteroatoms. The molecule has 1 aromatic carbocycles. The third-order valence-electron chi connectivity index (χ3n) is 4.91. The number of para-hydroxylation sites is 1. The average Bonchev–Trinajstić information content (AvgIpc) is 2.56. The van der Waals surface area contributed by atoms with E-state index in [9.17, 15) is 0 Å². The summed E-state index contributed by atoms with van der Waals surface area (Å²) in [4.78, 5) is 5.30. The predicted octanol–water partition coefficient (Wildman–Crippen LogP) is 3.05. The number of piperidine rings is 2. The maximum absolute atomic E-state index is 3.67. The quantitative estimate of drug-likeness (QED) is 0.898. The van der Waals surface area contributed by atoms with Crippen molar-refractivity contribution in [2.24, 2.45) is 0 Å². The highest BCUT2D eigenvalue weighted by Crippen LogP contribution is 2.16. The standard InChI is InChI=1S/C18H29N3/c1-3-7-17(8-4-1)19-18-9-13-21(14-10-18)16-15-20-11-5-2-6-12-20/h1,3-4,7-8,18-19H,2,5-6,9-16H2. The van der Waals surface area contributed by atoms with Gasteiger partial charge in [-0.3, -0.25) is 0 Å². The molecule has 0 unspecified atom stereocenters. The lowest BCUT2D eigenvalue weighted by Gasteiger charge is -2.35. The Bertz CT molecular complexity index is 392. The Kier molecular flexibility index (Phi) is 5.53. The average molecular weight is 287 g/mol. The summed E-state index contributed by atoms with van der Waals surface area (Å²) >= 11 is 0. The van der Waals surface area contributed by atoms with E-state index in [0.717, 1.165) is 0 Å². The highest BCUT2D eigenvalue weighted by molar-refractivity contribution is 5.43. The van der Waals surface area contributed by atoms with E-state index >= 15 is 0 Å². The van der Waals surface area contributed by atoms with Crippen molar-refractivity contribution in [1.82, 2.24) is 9.80 Å². The minimum absolute atomic E-state index is 0.652. The van der Waals surface area contributed by atoms with Crippen molar-refractivity contribution >= 4 is 5.69 Å². The van der Waals surface area contributed by atoms with E-state index in [0.29, 0.717) is 6.04 Å².